The average molecular weight is 515 g/mol. The molecule has 0 aliphatic carbocycles. The molecule has 0 saturated heterocycles. The summed E-state index contributed by atoms with van der Waals surface area (Å²) >= 11 is 0. The molecule has 36 heavy (non-hydrogen) atoms. The number of unbranched alkanes of at least 4 members (excludes halogenated alkanes) is 3. The number of fused-ring (bicyclic) bond motifs is 1. The normalized spacial score (nSPS) is 11.1. The number of ketones is 1. The minimum absolute atomic E-state index is 0. The van der Waals surface area contributed by atoms with Gasteiger partial charge in [0, 0.05) is 29.6 Å². The van der Waals surface area contributed by atoms with Crippen LogP contribution in [0.5, 0.6) is 5.75 Å². The number of anilines is 1. The van der Waals surface area contributed by atoms with Gasteiger partial charge in [-0.2, -0.15) is 0 Å². The molecule has 3 aromatic rings. The quantitative estimate of drug-likeness (QED) is 0.120. The highest BCUT2D eigenvalue weighted by Crippen LogP contribution is 2.31. The molecule has 2 aromatic carbocycles. The van der Waals surface area contributed by atoms with Crippen molar-refractivity contribution in [3.05, 3.63) is 59.4 Å². The minimum atomic E-state index is -0.0329. The van der Waals surface area contributed by atoms with E-state index in [9.17, 15) is 4.79 Å². The van der Waals surface area contributed by atoms with E-state index in [4.69, 9.17) is 14.9 Å². The lowest BCUT2D eigenvalue weighted by atomic mass is 9.98. The van der Waals surface area contributed by atoms with Crippen LogP contribution in [0.15, 0.2) is 46.9 Å². The summed E-state index contributed by atoms with van der Waals surface area (Å²) in [5.74, 6) is 1.51. The van der Waals surface area contributed by atoms with Crippen LogP contribution in [0, 0.1) is 0 Å². The summed E-state index contributed by atoms with van der Waals surface area (Å²) < 4.78 is 12.0. The van der Waals surface area contributed by atoms with E-state index in [1.165, 1.54) is 38.8 Å². The Balaban J connectivity index is 0.00000456. The van der Waals surface area contributed by atoms with E-state index < -0.39 is 0 Å². The van der Waals surface area contributed by atoms with E-state index in [1.54, 1.807) is 0 Å². The van der Waals surface area contributed by atoms with Crippen molar-refractivity contribution in [1.29, 1.82) is 0 Å². The number of nitrogen functional groups attached to an aromatic ring is 1. The first-order valence-electron chi connectivity index (χ1n) is 13.4. The molecule has 1 heterocycles. The molecular formula is C30H43ClN2O3. The molecule has 0 amide bonds. The number of hydrogen-bond acceptors (Lipinski definition) is 5. The predicted octanol–water partition coefficient (Wildman–Crippen LogP) is 7.68. The predicted molar refractivity (Wildman–Crippen MR) is 153 cm³/mol. The van der Waals surface area contributed by atoms with Crippen LogP contribution in [0.25, 0.3) is 11.0 Å². The zero-order chi connectivity index (χ0) is 25.0. The van der Waals surface area contributed by atoms with Crippen LogP contribution in [-0.4, -0.2) is 36.9 Å². The van der Waals surface area contributed by atoms with Gasteiger partial charge in [0.05, 0.1) is 12.2 Å². The average Bonchev–Trinajstić information content (AvgIpc) is 3.23. The lowest BCUT2D eigenvalue weighted by molar-refractivity contribution is 0.103. The van der Waals surface area contributed by atoms with Gasteiger partial charge in [-0.3, -0.25) is 4.79 Å². The second kappa shape index (κ2) is 15.6. The summed E-state index contributed by atoms with van der Waals surface area (Å²) in [7, 11) is 0. The van der Waals surface area contributed by atoms with Crippen molar-refractivity contribution >= 4 is 34.8 Å². The number of benzene rings is 2. The SMILES string of the molecule is CCCCc1oc2ccc(N)cc2c1C(=O)c1ccc(OCCCN(CCCC)CCCC)cc1.Cl. The first-order valence-corrected chi connectivity index (χ1v) is 13.4. The number of rotatable bonds is 16. The number of aryl methyl sites for hydroxylation is 1. The third-order valence-electron chi connectivity index (χ3n) is 6.43. The summed E-state index contributed by atoms with van der Waals surface area (Å²) in [6.45, 7) is 10.7. The number of halogens is 1. The van der Waals surface area contributed by atoms with E-state index in [-0.39, 0.29) is 18.2 Å². The Kier molecular flexibility index (Phi) is 12.9. The minimum Gasteiger partial charge on any atom is -0.494 e. The zero-order valence-electron chi connectivity index (χ0n) is 22.2. The fraction of sp³-hybridized carbons (Fsp3) is 0.500. The highest BCUT2D eigenvalue weighted by atomic mass is 35.5. The molecule has 6 heteroatoms. The van der Waals surface area contributed by atoms with Gasteiger partial charge in [-0.05, 0) is 81.2 Å². The number of nitrogens with two attached hydrogens (primary N) is 1. The van der Waals surface area contributed by atoms with E-state index in [0.717, 1.165) is 49.1 Å². The van der Waals surface area contributed by atoms with Crippen molar-refractivity contribution in [3.8, 4) is 5.75 Å². The Hall–Kier alpha value is -2.50. The monoisotopic (exact) mass is 514 g/mol. The lowest BCUT2D eigenvalue weighted by Crippen LogP contribution is -2.28. The summed E-state index contributed by atoms with van der Waals surface area (Å²) in [6, 6.07) is 13.0. The molecule has 0 aliphatic rings. The summed E-state index contributed by atoms with van der Waals surface area (Å²) in [4.78, 5) is 16.0. The second-order valence-corrected chi connectivity index (χ2v) is 9.36. The maximum absolute atomic E-state index is 13.5. The summed E-state index contributed by atoms with van der Waals surface area (Å²) in [6.07, 6.45) is 8.69. The number of carbonyl (C=O) groups is 1. The van der Waals surface area contributed by atoms with Gasteiger partial charge in [0.2, 0.25) is 0 Å². The zero-order valence-corrected chi connectivity index (χ0v) is 23.0. The molecule has 3 rings (SSSR count). The molecular weight excluding hydrogens is 472 g/mol. The van der Waals surface area contributed by atoms with Gasteiger partial charge in [-0.1, -0.05) is 40.0 Å². The Morgan fingerprint density at radius 1 is 0.889 bits per heavy atom. The third-order valence-corrected chi connectivity index (χ3v) is 6.43. The van der Waals surface area contributed by atoms with Crippen LogP contribution in [0.3, 0.4) is 0 Å². The summed E-state index contributed by atoms with van der Waals surface area (Å²) in [5.41, 5.74) is 8.61. The first-order chi connectivity index (χ1) is 17.1. The van der Waals surface area contributed by atoms with Crippen LogP contribution >= 0.6 is 12.4 Å². The fourth-order valence-corrected chi connectivity index (χ4v) is 4.35. The molecule has 0 aliphatic heterocycles. The van der Waals surface area contributed by atoms with Crippen molar-refractivity contribution in [2.75, 3.05) is 32.0 Å². The van der Waals surface area contributed by atoms with Crippen LogP contribution in [-0.2, 0) is 6.42 Å². The van der Waals surface area contributed by atoms with E-state index in [0.29, 0.717) is 29.0 Å². The Labute approximate surface area is 222 Å². The Bertz CT molecular complexity index is 1050. The van der Waals surface area contributed by atoms with Gasteiger partial charge in [-0.15, -0.1) is 12.4 Å². The summed E-state index contributed by atoms with van der Waals surface area (Å²) in [5, 5.41) is 0.789. The largest absolute Gasteiger partial charge is 0.494 e. The molecule has 0 fully saturated rings. The van der Waals surface area contributed by atoms with Gasteiger partial charge in [0.1, 0.15) is 17.1 Å². The van der Waals surface area contributed by atoms with Gasteiger partial charge in [-0.25, -0.2) is 0 Å². The molecule has 0 spiro atoms. The van der Waals surface area contributed by atoms with Gasteiger partial charge >= 0.3 is 0 Å². The smallest absolute Gasteiger partial charge is 0.197 e. The fourth-order valence-electron chi connectivity index (χ4n) is 4.35. The van der Waals surface area contributed by atoms with Gasteiger partial charge in [0.25, 0.3) is 0 Å². The van der Waals surface area contributed by atoms with Crippen molar-refractivity contribution < 1.29 is 13.9 Å². The first kappa shape index (κ1) is 29.7. The van der Waals surface area contributed by atoms with Crippen molar-refractivity contribution in [2.24, 2.45) is 0 Å². The topological polar surface area (TPSA) is 68.7 Å². The number of ether oxygens (including phenoxy) is 1. The molecule has 2 N–H and O–H groups in total. The third kappa shape index (κ3) is 8.28. The molecule has 198 valence electrons. The Morgan fingerprint density at radius 3 is 2.17 bits per heavy atom. The standard InChI is InChI=1S/C30H42N2O3.ClH/c1-4-7-11-28-29(26-22-24(31)14-17-27(26)35-28)30(33)23-12-15-25(16-13-23)34-21-10-20-32(18-8-5-2)19-9-6-3;/h12-17,22H,4-11,18-21,31H2,1-3H3;1H. The molecule has 0 unspecified atom stereocenters. The Morgan fingerprint density at radius 2 is 1.53 bits per heavy atom. The highest BCUT2D eigenvalue weighted by Gasteiger charge is 2.22. The maximum atomic E-state index is 13.5. The maximum Gasteiger partial charge on any atom is 0.197 e. The van der Waals surface area contributed by atoms with E-state index >= 15 is 0 Å². The van der Waals surface area contributed by atoms with E-state index in [2.05, 4.69) is 25.7 Å². The van der Waals surface area contributed by atoms with Crippen LogP contribution < -0.4 is 10.5 Å². The molecule has 0 radical (unpaired) electrons. The molecule has 0 saturated carbocycles. The second-order valence-electron chi connectivity index (χ2n) is 9.36. The van der Waals surface area contributed by atoms with Crippen LogP contribution in [0.1, 0.15) is 87.4 Å². The molecule has 0 bridgehead atoms. The number of hydrogen-bond donors (Lipinski definition) is 1. The lowest BCUT2D eigenvalue weighted by Gasteiger charge is -2.21. The number of nitrogens with zero attached hydrogens (tertiary/aromatic N) is 1. The van der Waals surface area contributed by atoms with E-state index in [1.807, 2.05) is 42.5 Å². The van der Waals surface area contributed by atoms with Crippen molar-refractivity contribution in [1.82, 2.24) is 4.90 Å². The van der Waals surface area contributed by atoms with Gasteiger partial charge < -0.3 is 19.8 Å². The van der Waals surface area contributed by atoms with Crippen molar-refractivity contribution in [3.63, 3.8) is 0 Å². The number of carbonyl (C=O) groups excluding carboxylic acids is 1. The molecule has 1 aromatic heterocycles. The van der Waals surface area contributed by atoms with Crippen LogP contribution in [0.4, 0.5) is 5.69 Å². The van der Waals surface area contributed by atoms with Crippen molar-refractivity contribution in [2.45, 2.75) is 72.1 Å². The van der Waals surface area contributed by atoms with Gasteiger partial charge in [0.15, 0.2) is 5.78 Å². The molecule has 5 nitrogen and oxygen atoms in total. The van der Waals surface area contributed by atoms with Crippen LogP contribution in [0.2, 0.25) is 0 Å². The molecule has 0 atom stereocenters. The highest BCUT2D eigenvalue weighted by molar-refractivity contribution is 6.17. The number of furan rings is 1.